The lowest BCUT2D eigenvalue weighted by Crippen LogP contribution is -2.26. The van der Waals surface area contributed by atoms with Gasteiger partial charge in [-0.3, -0.25) is 0 Å². The molecule has 1 N–H and O–H groups in total. The highest BCUT2D eigenvalue weighted by atomic mass is 19.1. The molecule has 0 fully saturated rings. The molecule has 0 unspecified atom stereocenters. The molecular weight excluding hydrogens is 193 g/mol. The smallest absolute Gasteiger partial charge is 0.132 e. The van der Waals surface area contributed by atoms with E-state index in [1.807, 2.05) is 19.2 Å². The van der Waals surface area contributed by atoms with Gasteiger partial charge in [-0.25, -0.2) is 4.39 Å². The van der Waals surface area contributed by atoms with E-state index in [2.05, 4.69) is 5.32 Å². The van der Waals surface area contributed by atoms with Crippen LogP contribution in [0.4, 0.5) is 4.39 Å². The van der Waals surface area contributed by atoms with Crippen molar-refractivity contribution in [2.24, 2.45) is 0 Å². The second-order valence-corrected chi connectivity index (χ2v) is 3.94. The summed E-state index contributed by atoms with van der Waals surface area (Å²) in [6.45, 7) is 3.13. The van der Waals surface area contributed by atoms with Crippen molar-refractivity contribution >= 4 is 0 Å². The van der Waals surface area contributed by atoms with Crippen molar-refractivity contribution in [3.8, 4) is 0 Å². The highest BCUT2D eigenvalue weighted by molar-refractivity contribution is 5.36. The number of hydrogen-bond donors (Lipinski definition) is 1. The highest BCUT2D eigenvalue weighted by Gasteiger charge is 2.24. The average Bonchev–Trinajstić information content (AvgIpc) is 2.24. The van der Waals surface area contributed by atoms with Crippen LogP contribution in [-0.2, 0) is 11.2 Å². The quantitative estimate of drug-likeness (QED) is 0.804. The number of rotatable bonds is 2. The van der Waals surface area contributed by atoms with Crippen molar-refractivity contribution < 1.29 is 9.13 Å². The molecular formula is C12H16FNO. The summed E-state index contributed by atoms with van der Waals surface area (Å²) < 4.78 is 19.5. The molecule has 15 heavy (non-hydrogen) atoms. The number of halogens is 1. The molecule has 0 radical (unpaired) electrons. The van der Waals surface area contributed by atoms with Gasteiger partial charge in [0.15, 0.2) is 0 Å². The second-order valence-electron chi connectivity index (χ2n) is 3.94. The van der Waals surface area contributed by atoms with Gasteiger partial charge in [0.1, 0.15) is 5.82 Å². The van der Waals surface area contributed by atoms with Crippen LogP contribution in [-0.4, -0.2) is 20.2 Å². The largest absolute Gasteiger partial charge is 0.372 e. The lowest BCUT2D eigenvalue weighted by Gasteiger charge is -2.27. The van der Waals surface area contributed by atoms with Crippen LogP contribution in [0.3, 0.4) is 0 Å². The molecule has 1 aromatic rings. The summed E-state index contributed by atoms with van der Waals surface area (Å²) in [5.41, 5.74) is 2.53. The molecule has 2 rings (SSSR count). The summed E-state index contributed by atoms with van der Waals surface area (Å²) in [5, 5.41) is 3.03. The summed E-state index contributed by atoms with van der Waals surface area (Å²) in [5.74, 6) is -0.104. The van der Waals surface area contributed by atoms with E-state index >= 15 is 0 Å². The summed E-state index contributed by atoms with van der Waals surface area (Å²) in [7, 11) is 1.85. The van der Waals surface area contributed by atoms with Gasteiger partial charge in [-0.15, -0.1) is 0 Å². The van der Waals surface area contributed by atoms with Crippen LogP contribution in [0, 0.1) is 12.7 Å². The molecule has 1 heterocycles. The molecule has 0 bridgehead atoms. The summed E-state index contributed by atoms with van der Waals surface area (Å²) >= 11 is 0. The van der Waals surface area contributed by atoms with E-state index in [0.29, 0.717) is 18.7 Å². The van der Waals surface area contributed by atoms with Gasteiger partial charge in [0.05, 0.1) is 12.7 Å². The molecule has 0 aromatic heterocycles. The molecule has 3 heteroatoms. The van der Waals surface area contributed by atoms with Gasteiger partial charge in [0.25, 0.3) is 0 Å². The number of ether oxygens (including phenoxy) is 1. The first-order chi connectivity index (χ1) is 7.24. The molecule has 1 atom stereocenters. The van der Waals surface area contributed by atoms with E-state index in [0.717, 1.165) is 17.5 Å². The normalized spacial score (nSPS) is 20.1. The fourth-order valence-corrected chi connectivity index (χ4v) is 2.05. The SMILES string of the molecule is CNC[C@@H]1OCCc2ccc(C)c(F)c21. The molecule has 1 aliphatic heterocycles. The average molecular weight is 209 g/mol. The minimum Gasteiger partial charge on any atom is -0.372 e. The van der Waals surface area contributed by atoms with Crippen LogP contribution in [0.15, 0.2) is 12.1 Å². The number of likely N-dealkylation sites (N-methyl/N-ethyl adjacent to an activating group) is 1. The van der Waals surface area contributed by atoms with Gasteiger partial charge in [-0.05, 0) is 31.5 Å². The first-order valence-electron chi connectivity index (χ1n) is 5.28. The van der Waals surface area contributed by atoms with Gasteiger partial charge in [0.2, 0.25) is 0 Å². The second kappa shape index (κ2) is 4.29. The van der Waals surface area contributed by atoms with Crippen molar-refractivity contribution in [1.29, 1.82) is 0 Å². The number of aryl methyl sites for hydroxylation is 1. The molecule has 2 nitrogen and oxygen atoms in total. The lowest BCUT2D eigenvalue weighted by atomic mass is 9.94. The van der Waals surface area contributed by atoms with Gasteiger partial charge in [-0.2, -0.15) is 0 Å². The zero-order chi connectivity index (χ0) is 10.8. The standard InChI is InChI=1S/C12H16FNO/c1-8-3-4-9-5-6-15-10(7-14-2)11(9)12(8)13/h3-4,10,14H,5-7H2,1-2H3/t10-/m0/s1. The molecule has 1 aliphatic rings. The Hall–Kier alpha value is -0.930. The van der Waals surface area contributed by atoms with Crippen molar-refractivity contribution in [2.45, 2.75) is 19.4 Å². The Kier molecular flexibility index (Phi) is 3.03. The van der Waals surface area contributed by atoms with Gasteiger partial charge >= 0.3 is 0 Å². The predicted molar refractivity (Wildman–Crippen MR) is 57.5 cm³/mol. The Morgan fingerprint density at radius 2 is 2.33 bits per heavy atom. The monoisotopic (exact) mass is 209 g/mol. The lowest BCUT2D eigenvalue weighted by molar-refractivity contribution is 0.0409. The molecule has 1 aromatic carbocycles. The molecule has 0 amide bonds. The van der Waals surface area contributed by atoms with Gasteiger partial charge in [0, 0.05) is 12.1 Å². The Balaban J connectivity index is 2.43. The van der Waals surface area contributed by atoms with Crippen LogP contribution in [0.5, 0.6) is 0 Å². The number of benzene rings is 1. The molecule has 0 spiro atoms. The number of nitrogens with one attached hydrogen (secondary N) is 1. The van der Waals surface area contributed by atoms with Crippen LogP contribution >= 0.6 is 0 Å². The zero-order valence-corrected chi connectivity index (χ0v) is 9.14. The van der Waals surface area contributed by atoms with E-state index in [1.165, 1.54) is 0 Å². The van der Waals surface area contributed by atoms with Crippen molar-refractivity contribution in [2.75, 3.05) is 20.2 Å². The minimum absolute atomic E-state index is 0.104. The Labute approximate surface area is 89.4 Å². The third-order valence-electron chi connectivity index (χ3n) is 2.87. The molecule has 0 saturated carbocycles. The van der Waals surface area contributed by atoms with Crippen LogP contribution in [0.2, 0.25) is 0 Å². The maximum atomic E-state index is 13.9. The zero-order valence-electron chi connectivity index (χ0n) is 9.14. The van der Waals surface area contributed by atoms with E-state index in [4.69, 9.17) is 4.74 Å². The van der Waals surface area contributed by atoms with E-state index in [1.54, 1.807) is 6.92 Å². The van der Waals surface area contributed by atoms with Crippen molar-refractivity contribution in [3.05, 3.63) is 34.6 Å². The van der Waals surface area contributed by atoms with Crippen LogP contribution in [0.1, 0.15) is 22.8 Å². The van der Waals surface area contributed by atoms with Crippen molar-refractivity contribution in [1.82, 2.24) is 5.32 Å². The third-order valence-corrected chi connectivity index (χ3v) is 2.87. The Morgan fingerprint density at radius 3 is 3.07 bits per heavy atom. The van der Waals surface area contributed by atoms with Crippen LogP contribution in [0.25, 0.3) is 0 Å². The number of hydrogen-bond acceptors (Lipinski definition) is 2. The minimum atomic E-state index is -0.140. The molecule has 0 aliphatic carbocycles. The Bertz CT molecular complexity index is 365. The topological polar surface area (TPSA) is 21.3 Å². The molecule has 0 saturated heterocycles. The number of fused-ring (bicyclic) bond motifs is 1. The van der Waals surface area contributed by atoms with E-state index < -0.39 is 0 Å². The Morgan fingerprint density at radius 1 is 1.53 bits per heavy atom. The maximum absolute atomic E-state index is 13.9. The van der Waals surface area contributed by atoms with Gasteiger partial charge < -0.3 is 10.1 Å². The fourth-order valence-electron chi connectivity index (χ4n) is 2.05. The predicted octanol–water partition coefficient (Wildman–Crippen LogP) is 1.97. The van der Waals surface area contributed by atoms with Gasteiger partial charge in [-0.1, -0.05) is 12.1 Å². The summed E-state index contributed by atoms with van der Waals surface area (Å²) in [4.78, 5) is 0. The van der Waals surface area contributed by atoms with E-state index in [-0.39, 0.29) is 11.9 Å². The van der Waals surface area contributed by atoms with Crippen molar-refractivity contribution in [3.63, 3.8) is 0 Å². The third kappa shape index (κ3) is 1.90. The molecule has 82 valence electrons. The maximum Gasteiger partial charge on any atom is 0.132 e. The highest BCUT2D eigenvalue weighted by Crippen LogP contribution is 2.30. The van der Waals surface area contributed by atoms with E-state index in [9.17, 15) is 4.39 Å². The first-order valence-corrected chi connectivity index (χ1v) is 5.28. The fraction of sp³-hybridized carbons (Fsp3) is 0.500. The summed E-state index contributed by atoms with van der Waals surface area (Å²) in [6, 6.07) is 3.86. The van der Waals surface area contributed by atoms with Crippen LogP contribution < -0.4 is 5.32 Å². The summed E-state index contributed by atoms with van der Waals surface area (Å²) in [6.07, 6.45) is 0.672. The first kappa shape index (κ1) is 10.6.